The van der Waals surface area contributed by atoms with Crippen molar-refractivity contribution in [2.75, 3.05) is 6.54 Å². The second kappa shape index (κ2) is 6.79. The molecule has 0 fully saturated rings. The zero-order valence-electron chi connectivity index (χ0n) is 12.4. The van der Waals surface area contributed by atoms with Crippen LogP contribution in [0.1, 0.15) is 30.6 Å². The molecule has 0 radical (unpaired) electrons. The molecule has 0 aliphatic heterocycles. The Morgan fingerprint density at radius 2 is 2.23 bits per heavy atom. The van der Waals surface area contributed by atoms with Gasteiger partial charge in [-0.25, -0.2) is 9.67 Å². The SMILES string of the molecule is CC(C)CCNC(=O)c1ccc(-n2cncn2)c([N+](=O)[O-])c1. The lowest BCUT2D eigenvalue weighted by Gasteiger charge is -2.08. The molecule has 0 spiro atoms. The number of hydrogen-bond acceptors (Lipinski definition) is 5. The third-order valence-corrected chi connectivity index (χ3v) is 3.11. The van der Waals surface area contributed by atoms with E-state index in [0.29, 0.717) is 12.5 Å². The highest BCUT2D eigenvalue weighted by Crippen LogP contribution is 2.23. The van der Waals surface area contributed by atoms with E-state index >= 15 is 0 Å². The van der Waals surface area contributed by atoms with E-state index in [1.54, 1.807) is 0 Å². The Hall–Kier alpha value is -2.77. The molecule has 0 aliphatic rings. The van der Waals surface area contributed by atoms with Gasteiger partial charge in [-0.05, 0) is 24.5 Å². The Bertz CT molecular complexity index is 667. The molecule has 1 heterocycles. The van der Waals surface area contributed by atoms with Gasteiger partial charge < -0.3 is 5.32 Å². The molecule has 0 saturated carbocycles. The maximum Gasteiger partial charge on any atom is 0.295 e. The molecule has 8 heteroatoms. The predicted molar refractivity (Wildman–Crippen MR) is 79.8 cm³/mol. The van der Waals surface area contributed by atoms with E-state index in [2.05, 4.69) is 29.2 Å². The summed E-state index contributed by atoms with van der Waals surface area (Å²) in [5.41, 5.74) is 0.322. The Kier molecular flexibility index (Phi) is 4.82. The summed E-state index contributed by atoms with van der Waals surface area (Å²) in [4.78, 5) is 26.5. The molecule has 116 valence electrons. The second-order valence-corrected chi connectivity index (χ2v) is 5.24. The van der Waals surface area contributed by atoms with Crippen LogP contribution in [0.25, 0.3) is 5.69 Å². The summed E-state index contributed by atoms with van der Waals surface area (Å²) in [7, 11) is 0. The number of nitrogens with zero attached hydrogens (tertiary/aromatic N) is 4. The summed E-state index contributed by atoms with van der Waals surface area (Å²) in [6.45, 7) is 4.66. The van der Waals surface area contributed by atoms with Gasteiger partial charge in [0, 0.05) is 18.2 Å². The van der Waals surface area contributed by atoms with Crippen molar-refractivity contribution < 1.29 is 9.72 Å². The number of aromatic nitrogens is 3. The van der Waals surface area contributed by atoms with Gasteiger partial charge in [0.05, 0.1) is 4.92 Å². The average Bonchev–Trinajstić information content (AvgIpc) is 3.00. The second-order valence-electron chi connectivity index (χ2n) is 5.24. The first-order valence-electron chi connectivity index (χ1n) is 6.90. The van der Waals surface area contributed by atoms with Gasteiger partial charge in [-0.1, -0.05) is 13.8 Å². The van der Waals surface area contributed by atoms with Gasteiger partial charge in [-0.3, -0.25) is 14.9 Å². The fraction of sp³-hybridized carbons (Fsp3) is 0.357. The van der Waals surface area contributed by atoms with Crippen molar-refractivity contribution in [2.45, 2.75) is 20.3 Å². The summed E-state index contributed by atoms with van der Waals surface area (Å²) >= 11 is 0. The topological polar surface area (TPSA) is 103 Å². The molecular weight excluding hydrogens is 286 g/mol. The number of carbonyl (C=O) groups is 1. The fourth-order valence-corrected chi connectivity index (χ4v) is 1.91. The number of carbonyl (C=O) groups excluding carboxylic acids is 1. The number of nitro benzene ring substituents is 1. The average molecular weight is 303 g/mol. The molecule has 0 saturated heterocycles. The molecule has 1 amide bonds. The van der Waals surface area contributed by atoms with Crippen LogP contribution in [0.15, 0.2) is 30.9 Å². The van der Waals surface area contributed by atoms with Gasteiger partial charge >= 0.3 is 0 Å². The maximum absolute atomic E-state index is 12.0. The highest BCUT2D eigenvalue weighted by atomic mass is 16.6. The van der Waals surface area contributed by atoms with Gasteiger partial charge in [-0.2, -0.15) is 5.10 Å². The summed E-state index contributed by atoms with van der Waals surface area (Å²) < 4.78 is 1.29. The van der Waals surface area contributed by atoms with Crippen molar-refractivity contribution in [1.82, 2.24) is 20.1 Å². The molecular formula is C14H17N5O3. The molecule has 0 bridgehead atoms. The van der Waals surface area contributed by atoms with Gasteiger partial charge in [0.25, 0.3) is 11.6 Å². The van der Waals surface area contributed by atoms with Gasteiger partial charge in [0.1, 0.15) is 18.3 Å². The predicted octanol–water partition coefficient (Wildman–Crippen LogP) is 1.95. The van der Waals surface area contributed by atoms with Crippen LogP contribution >= 0.6 is 0 Å². The minimum atomic E-state index is -0.540. The van der Waals surface area contributed by atoms with Crippen LogP contribution < -0.4 is 5.32 Å². The van der Waals surface area contributed by atoms with Crippen molar-refractivity contribution in [3.05, 3.63) is 46.5 Å². The van der Waals surface area contributed by atoms with Crippen molar-refractivity contribution >= 4 is 11.6 Å². The van der Waals surface area contributed by atoms with Crippen LogP contribution in [0.2, 0.25) is 0 Å². The monoisotopic (exact) mass is 303 g/mol. The normalized spacial score (nSPS) is 10.7. The molecule has 1 aromatic carbocycles. The minimum Gasteiger partial charge on any atom is -0.352 e. The van der Waals surface area contributed by atoms with E-state index in [0.717, 1.165) is 6.42 Å². The van der Waals surface area contributed by atoms with Crippen LogP contribution in [0.4, 0.5) is 5.69 Å². The van der Waals surface area contributed by atoms with E-state index < -0.39 is 4.92 Å². The lowest BCUT2D eigenvalue weighted by molar-refractivity contribution is -0.384. The van der Waals surface area contributed by atoms with Gasteiger partial charge in [-0.15, -0.1) is 0 Å². The minimum absolute atomic E-state index is 0.193. The van der Waals surface area contributed by atoms with E-state index in [9.17, 15) is 14.9 Å². The number of hydrogen-bond donors (Lipinski definition) is 1. The number of benzene rings is 1. The first-order valence-corrected chi connectivity index (χ1v) is 6.90. The highest BCUT2D eigenvalue weighted by molar-refractivity contribution is 5.95. The summed E-state index contributed by atoms with van der Waals surface area (Å²) in [6, 6.07) is 4.28. The van der Waals surface area contributed by atoms with E-state index in [4.69, 9.17) is 0 Å². The third kappa shape index (κ3) is 3.66. The number of nitrogens with one attached hydrogen (secondary N) is 1. The van der Waals surface area contributed by atoms with Crippen molar-refractivity contribution in [3.63, 3.8) is 0 Å². The van der Waals surface area contributed by atoms with Crippen molar-refractivity contribution in [1.29, 1.82) is 0 Å². The van der Waals surface area contributed by atoms with E-state index in [1.165, 1.54) is 35.5 Å². The first-order chi connectivity index (χ1) is 10.5. The Balaban J connectivity index is 2.22. The van der Waals surface area contributed by atoms with Crippen LogP contribution in [-0.2, 0) is 0 Å². The van der Waals surface area contributed by atoms with Crippen LogP contribution in [0.3, 0.4) is 0 Å². The quantitative estimate of drug-likeness (QED) is 0.649. The van der Waals surface area contributed by atoms with E-state index in [-0.39, 0.29) is 22.8 Å². The van der Waals surface area contributed by atoms with E-state index in [1.807, 2.05) is 0 Å². The fourth-order valence-electron chi connectivity index (χ4n) is 1.91. The summed E-state index contributed by atoms with van der Waals surface area (Å²) in [5, 5.41) is 17.8. The first kappa shape index (κ1) is 15.6. The van der Waals surface area contributed by atoms with Crippen LogP contribution in [0.5, 0.6) is 0 Å². The number of rotatable bonds is 6. The molecule has 0 aliphatic carbocycles. The molecule has 1 aromatic heterocycles. The molecule has 1 N–H and O–H groups in total. The molecule has 0 atom stereocenters. The molecule has 22 heavy (non-hydrogen) atoms. The van der Waals surface area contributed by atoms with Crippen molar-refractivity contribution in [3.8, 4) is 5.69 Å². The number of amides is 1. The third-order valence-electron chi connectivity index (χ3n) is 3.11. The molecule has 2 aromatic rings. The van der Waals surface area contributed by atoms with Gasteiger partial charge in [0.2, 0.25) is 0 Å². The van der Waals surface area contributed by atoms with Gasteiger partial charge in [0.15, 0.2) is 0 Å². The maximum atomic E-state index is 12.0. The zero-order chi connectivity index (χ0) is 16.1. The lowest BCUT2D eigenvalue weighted by Crippen LogP contribution is -2.25. The van der Waals surface area contributed by atoms with Crippen molar-refractivity contribution in [2.24, 2.45) is 5.92 Å². The lowest BCUT2D eigenvalue weighted by atomic mass is 10.1. The Morgan fingerprint density at radius 1 is 1.45 bits per heavy atom. The van der Waals surface area contributed by atoms with Crippen LogP contribution in [0, 0.1) is 16.0 Å². The Labute approximate surface area is 127 Å². The summed E-state index contributed by atoms with van der Waals surface area (Å²) in [6.07, 6.45) is 3.51. The smallest absolute Gasteiger partial charge is 0.295 e. The summed E-state index contributed by atoms with van der Waals surface area (Å²) in [5.74, 6) is 0.151. The molecule has 0 unspecified atom stereocenters. The molecule has 8 nitrogen and oxygen atoms in total. The largest absolute Gasteiger partial charge is 0.352 e. The van der Waals surface area contributed by atoms with Crippen LogP contribution in [-0.4, -0.2) is 32.1 Å². The zero-order valence-corrected chi connectivity index (χ0v) is 12.4. The number of nitro groups is 1. The highest BCUT2D eigenvalue weighted by Gasteiger charge is 2.19. The standard InChI is InChI=1S/C14H17N5O3/c1-10(2)5-6-16-14(20)11-3-4-12(13(7-11)19(21)22)18-9-15-8-17-18/h3-4,7-10H,5-6H2,1-2H3,(H,16,20). The Morgan fingerprint density at radius 3 is 2.82 bits per heavy atom. The molecule has 2 rings (SSSR count).